The third-order valence-electron chi connectivity index (χ3n) is 5.14. The van der Waals surface area contributed by atoms with Gasteiger partial charge in [0.1, 0.15) is 17.2 Å². The van der Waals surface area contributed by atoms with Crippen LogP contribution in [0.4, 0.5) is 10.2 Å². The number of halogens is 1. The van der Waals surface area contributed by atoms with E-state index in [2.05, 4.69) is 15.3 Å². The Labute approximate surface area is 187 Å². The minimum Gasteiger partial charge on any atom is -0.384 e. The zero-order valence-electron chi connectivity index (χ0n) is 17.9. The summed E-state index contributed by atoms with van der Waals surface area (Å²) in [6.45, 7) is 1.11. The molecule has 3 rings (SSSR count). The van der Waals surface area contributed by atoms with E-state index in [1.165, 1.54) is 30.6 Å². The smallest absolute Gasteiger partial charge is 0.332 e. The number of hydrogen-bond donors (Lipinski definition) is 4. The molecule has 0 aliphatic heterocycles. The molecule has 12 heteroatoms. The number of hydrogen-bond acceptors (Lipinski definition) is 7. The van der Waals surface area contributed by atoms with Gasteiger partial charge in [-0.1, -0.05) is 12.1 Å². The average molecular weight is 457 g/mol. The fourth-order valence-electron chi connectivity index (χ4n) is 3.37. The van der Waals surface area contributed by atoms with E-state index in [4.69, 9.17) is 11.5 Å². The molecule has 0 saturated carbocycles. The number of nitrogens with one attached hydrogen (secondary N) is 2. The fourth-order valence-corrected chi connectivity index (χ4v) is 3.37. The van der Waals surface area contributed by atoms with Crippen LogP contribution in [0.25, 0.3) is 0 Å². The molecule has 0 bridgehead atoms. The molecule has 2 heterocycles. The molecule has 3 aromatic rings. The predicted molar refractivity (Wildman–Crippen MR) is 118 cm³/mol. The molecule has 0 unspecified atom stereocenters. The molecule has 0 aliphatic rings. The van der Waals surface area contributed by atoms with Crippen molar-refractivity contribution in [3.8, 4) is 0 Å². The average Bonchev–Trinajstić information content (AvgIpc) is 3.29. The van der Waals surface area contributed by atoms with Crippen molar-refractivity contribution in [2.24, 2.45) is 5.73 Å². The van der Waals surface area contributed by atoms with Crippen LogP contribution in [0.1, 0.15) is 28.5 Å². The number of rotatable bonds is 10. The summed E-state index contributed by atoms with van der Waals surface area (Å²) in [5.41, 5.74) is 10.7. The summed E-state index contributed by atoms with van der Waals surface area (Å²) in [6, 6.07) is 4.48. The molecule has 6 N–H and O–H groups in total. The molecule has 0 saturated heterocycles. The van der Waals surface area contributed by atoms with Crippen LogP contribution in [0.2, 0.25) is 0 Å². The Balaban J connectivity index is 1.91. The van der Waals surface area contributed by atoms with Crippen molar-refractivity contribution in [3.63, 3.8) is 0 Å². The molecule has 1 atom stereocenters. The van der Waals surface area contributed by atoms with Gasteiger partial charge in [0.15, 0.2) is 5.78 Å². The van der Waals surface area contributed by atoms with Crippen LogP contribution >= 0.6 is 0 Å². The van der Waals surface area contributed by atoms with Gasteiger partial charge in [-0.3, -0.25) is 28.8 Å². The zero-order chi connectivity index (χ0) is 24.1. The number of nitrogens with zero attached hydrogens (tertiary/aromatic N) is 3. The van der Waals surface area contributed by atoms with Crippen molar-refractivity contribution in [1.29, 1.82) is 0 Å². The number of aromatic amines is 1. The molecular formula is C21H24FN7O4. The van der Waals surface area contributed by atoms with Crippen LogP contribution in [0.15, 0.2) is 46.4 Å². The molecule has 11 nitrogen and oxygen atoms in total. The fraction of sp³-hybridized carbons (Fsp3) is 0.286. The van der Waals surface area contributed by atoms with E-state index in [9.17, 15) is 23.6 Å². The summed E-state index contributed by atoms with van der Waals surface area (Å²) in [5.74, 6) is -2.17. The van der Waals surface area contributed by atoms with E-state index >= 15 is 0 Å². The number of H-pyrrole nitrogens is 1. The van der Waals surface area contributed by atoms with Crippen LogP contribution in [0, 0.1) is 5.82 Å². The van der Waals surface area contributed by atoms with Crippen molar-refractivity contribution in [2.75, 3.05) is 12.3 Å². The SMILES string of the molecule is CCn1c(=O)c(C(=O)CN[C@@H](Cc2c[nH]cn2)C(N)=O)c(N)n(Cc2ccc(F)cc2)c1=O. The van der Waals surface area contributed by atoms with Crippen LogP contribution in [0.5, 0.6) is 0 Å². The standard InChI is InChI=1S/C21H24FN7O4/c1-2-28-20(32)17(16(30)9-26-15(19(24)31)7-14-8-25-11-27-14)18(23)29(21(28)33)10-12-3-5-13(22)6-4-12/h3-6,8,11,15,26H,2,7,9-10,23H2,1H3,(H2,24,31)(H,25,27)/t15-/m0/s1. The molecule has 0 radical (unpaired) electrons. The number of benzene rings is 1. The maximum atomic E-state index is 13.2. The van der Waals surface area contributed by atoms with Crippen LogP contribution < -0.4 is 28.0 Å². The van der Waals surface area contributed by atoms with Gasteiger partial charge in [-0.2, -0.15) is 0 Å². The van der Waals surface area contributed by atoms with Crippen molar-refractivity contribution >= 4 is 17.5 Å². The number of ketones is 1. The van der Waals surface area contributed by atoms with Crippen LogP contribution in [-0.4, -0.2) is 43.4 Å². The highest BCUT2D eigenvalue weighted by atomic mass is 19.1. The second kappa shape index (κ2) is 10.0. The third-order valence-corrected chi connectivity index (χ3v) is 5.14. The Hall–Kier alpha value is -4.06. The first-order valence-corrected chi connectivity index (χ1v) is 10.1. The molecular weight excluding hydrogens is 433 g/mol. The number of Topliss-reactive ketones (excluding diaryl/α,β-unsaturated/α-hetero) is 1. The largest absolute Gasteiger partial charge is 0.384 e. The molecule has 0 fully saturated rings. The molecule has 0 aliphatic carbocycles. The van der Waals surface area contributed by atoms with Crippen molar-refractivity contribution < 1.29 is 14.0 Å². The highest BCUT2D eigenvalue weighted by Crippen LogP contribution is 2.11. The minimum atomic E-state index is -0.919. The second-order valence-corrected chi connectivity index (χ2v) is 7.33. The van der Waals surface area contributed by atoms with E-state index < -0.39 is 41.3 Å². The lowest BCUT2D eigenvalue weighted by Gasteiger charge is -2.17. The number of imidazole rings is 1. The quantitative estimate of drug-likeness (QED) is 0.294. The van der Waals surface area contributed by atoms with Gasteiger partial charge < -0.3 is 16.5 Å². The van der Waals surface area contributed by atoms with E-state index in [0.29, 0.717) is 11.3 Å². The summed E-state index contributed by atoms with van der Waals surface area (Å²) >= 11 is 0. The van der Waals surface area contributed by atoms with Crippen molar-refractivity contribution in [2.45, 2.75) is 32.5 Å². The van der Waals surface area contributed by atoms with Gasteiger partial charge in [0.05, 0.1) is 31.2 Å². The lowest BCUT2D eigenvalue weighted by molar-refractivity contribution is -0.119. The van der Waals surface area contributed by atoms with Crippen LogP contribution in [-0.2, 0) is 24.3 Å². The lowest BCUT2D eigenvalue weighted by Crippen LogP contribution is -2.48. The highest BCUT2D eigenvalue weighted by molar-refractivity contribution is 6.01. The Morgan fingerprint density at radius 2 is 1.91 bits per heavy atom. The summed E-state index contributed by atoms with van der Waals surface area (Å²) in [6.07, 6.45) is 3.16. The van der Waals surface area contributed by atoms with Gasteiger partial charge in [-0.25, -0.2) is 14.2 Å². The van der Waals surface area contributed by atoms with E-state index in [0.717, 1.165) is 9.13 Å². The van der Waals surface area contributed by atoms with Gasteiger partial charge in [-0.05, 0) is 24.6 Å². The number of carbonyl (C=O) groups excluding carboxylic acids is 2. The number of primary amides is 1. The maximum Gasteiger partial charge on any atom is 0.332 e. The minimum absolute atomic E-state index is 0.0120. The molecule has 1 aromatic carbocycles. The predicted octanol–water partition coefficient (Wildman–Crippen LogP) is -0.608. The summed E-state index contributed by atoms with van der Waals surface area (Å²) in [7, 11) is 0. The monoisotopic (exact) mass is 457 g/mol. The van der Waals surface area contributed by atoms with Gasteiger partial charge in [0, 0.05) is 19.2 Å². The summed E-state index contributed by atoms with van der Waals surface area (Å²) < 4.78 is 15.2. The number of carbonyl (C=O) groups is 2. The molecule has 33 heavy (non-hydrogen) atoms. The maximum absolute atomic E-state index is 13.2. The number of amides is 1. The Bertz CT molecular complexity index is 1260. The third kappa shape index (κ3) is 5.23. The Morgan fingerprint density at radius 3 is 2.48 bits per heavy atom. The van der Waals surface area contributed by atoms with Gasteiger partial charge in [0.25, 0.3) is 5.56 Å². The molecule has 174 valence electrons. The zero-order valence-corrected chi connectivity index (χ0v) is 17.9. The number of nitrogens with two attached hydrogens (primary N) is 2. The topological polar surface area (TPSA) is 171 Å². The number of nitrogen functional groups attached to an aromatic ring is 1. The van der Waals surface area contributed by atoms with E-state index in [-0.39, 0.29) is 30.9 Å². The molecule has 1 amide bonds. The molecule has 0 spiro atoms. The molecule has 2 aromatic heterocycles. The Morgan fingerprint density at radius 1 is 1.21 bits per heavy atom. The first kappa shape index (κ1) is 23.6. The summed E-state index contributed by atoms with van der Waals surface area (Å²) in [5, 5.41) is 2.73. The van der Waals surface area contributed by atoms with Gasteiger partial charge in [-0.15, -0.1) is 0 Å². The van der Waals surface area contributed by atoms with E-state index in [1.54, 1.807) is 13.1 Å². The highest BCUT2D eigenvalue weighted by Gasteiger charge is 2.24. The van der Waals surface area contributed by atoms with E-state index in [1.807, 2.05) is 0 Å². The normalized spacial score (nSPS) is 11.9. The second-order valence-electron chi connectivity index (χ2n) is 7.33. The number of aromatic nitrogens is 4. The first-order chi connectivity index (χ1) is 15.7. The van der Waals surface area contributed by atoms with Crippen molar-refractivity contribution in [1.82, 2.24) is 24.4 Å². The summed E-state index contributed by atoms with van der Waals surface area (Å²) in [4.78, 5) is 57.1. The van der Waals surface area contributed by atoms with Gasteiger partial charge in [0.2, 0.25) is 5.91 Å². The van der Waals surface area contributed by atoms with Gasteiger partial charge >= 0.3 is 5.69 Å². The number of anilines is 1. The lowest BCUT2D eigenvalue weighted by atomic mass is 10.1. The Kier molecular flexibility index (Phi) is 7.18. The van der Waals surface area contributed by atoms with Crippen molar-refractivity contribution in [3.05, 3.63) is 80.3 Å². The van der Waals surface area contributed by atoms with Crippen LogP contribution in [0.3, 0.4) is 0 Å². The first-order valence-electron chi connectivity index (χ1n) is 10.1.